The molecule has 0 fully saturated rings. The van der Waals surface area contributed by atoms with Crippen LogP contribution in [0.15, 0.2) is 12.2 Å². The number of amides is 1. The van der Waals surface area contributed by atoms with Crippen molar-refractivity contribution in [1.29, 1.82) is 0 Å². The molecule has 0 aliphatic heterocycles. The number of hydrogen-bond donors (Lipinski definition) is 1. The summed E-state index contributed by atoms with van der Waals surface area (Å²) in [7, 11) is 0. The third kappa shape index (κ3) is 8.79. The molecule has 0 aliphatic carbocycles. The molecule has 0 spiro atoms. The summed E-state index contributed by atoms with van der Waals surface area (Å²) in [6.45, 7) is 8.72. The van der Waals surface area contributed by atoms with Crippen LogP contribution >= 0.6 is 0 Å². The van der Waals surface area contributed by atoms with Crippen molar-refractivity contribution in [2.45, 2.75) is 52.4 Å². The molecule has 0 aliphatic rings. The summed E-state index contributed by atoms with van der Waals surface area (Å²) in [6, 6.07) is 0. The Morgan fingerprint density at radius 2 is 1.83 bits per heavy atom. The third-order valence-electron chi connectivity index (χ3n) is 2.48. The summed E-state index contributed by atoms with van der Waals surface area (Å²) < 4.78 is 5.03. The van der Waals surface area contributed by atoms with E-state index in [1.807, 2.05) is 6.92 Å². The summed E-state index contributed by atoms with van der Waals surface area (Å²) in [5, 5.41) is 2.68. The average Bonchev–Trinajstić information content (AvgIpc) is 2.35. The van der Waals surface area contributed by atoms with E-state index in [0.717, 1.165) is 32.1 Å². The minimum atomic E-state index is -0.372. The van der Waals surface area contributed by atoms with Gasteiger partial charge in [0.1, 0.15) is 0 Å². The first-order chi connectivity index (χ1) is 8.61. The van der Waals surface area contributed by atoms with Crippen LogP contribution in [-0.2, 0) is 14.3 Å². The zero-order valence-corrected chi connectivity index (χ0v) is 11.6. The lowest BCUT2D eigenvalue weighted by Crippen LogP contribution is -2.26. The highest BCUT2D eigenvalue weighted by atomic mass is 16.5. The molecule has 0 heterocycles. The highest BCUT2D eigenvalue weighted by Gasteiger charge is 2.11. The van der Waals surface area contributed by atoms with Gasteiger partial charge in [0.05, 0.1) is 13.0 Å². The number of rotatable bonds is 10. The monoisotopic (exact) mass is 255 g/mol. The molecule has 4 heteroatoms. The minimum Gasteiger partial charge on any atom is -0.465 e. The van der Waals surface area contributed by atoms with Gasteiger partial charge in [-0.05, 0) is 12.8 Å². The number of unbranched alkanes of at least 4 members (excludes halogenated alkanes) is 3. The molecule has 0 atom stereocenters. The van der Waals surface area contributed by atoms with Gasteiger partial charge in [-0.2, -0.15) is 0 Å². The average molecular weight is 255 g/mol. The molecule has 0 aromatic heterocycles. The highest BCUT2D eigenvalue weighted by molar-refractivity contribution is 5.96. The van der Waals surface area contributed by atoms with E-state index in [4.69, 9.17) is 4.74 Å². The van der Waals surface area contributed by atoms with Gasteiger partial charge in [-0.25, -0.2) is 0 Å². The number of carbonyl (C=O) groups is 2. The maximum atomic E-state index is 11.4. The van der Waals surface area contributed by atoms with Crippen molar-refractivity contribution in [3.63, 3.8) is 0 Å². The zero-order chi connectivity index (χ0) is 13.8. The Morgan fingerprint density at radius 1 is 1.11 bits per heavy atom. The Balaban J connectivity index is 3.67. The largest absolute Gasteiger partial charge is 0.465 e. The fourth-order valence-electron chi connectivity index (χ4n) is 1.38. The normalized spacial score (nSPS) is 9.89. The number of nitrogens with one attached hydrogen (secondary N) is 1. The highest BCUT2D eigenvalue weighted by Crippen LogP contribution is 2.03. The van der Waals surface area contributed by atoms with Crippen LogP contribution in [0.5, 0.6) is 0 Å². The van der Waals surface area contributed by atoms with Crippen LogP contribution in [0.4, 0.5) is 0 Å². The molecule has 104 valence electrons. The Hall–Kier alpha value is -1.32. The summed E-state index contributed by atoms with van der Waals surface area (Å²) in [5.74, 6) is -0.636. The molecule has 0 aromatic carbocycles. The van der Waals surface area contributed by atoms with Crippen LogP contribution in [0.1, 0.15) is 52.4 Å². The molecule has 0 aromatic rings. The van der Waals surface area contributed by atoms with Gasteiger partial charge >= 0.3 is 5.97 Å². The smallest absolute Gasteiger partial charge is 0.310 e. The molecule has 0 bridgehead atoms. The summed E-state index contributed by atoms with van der Waals surface area (Å²) in [6.07, 6.45) is 5.10. The number of ether oxygens (including phenoxy) is 1. The molecule has 1 amide bonds. The molecule has 1 N–H and O–H groups in total. The summed E-state index contributed by atoms with van der Waals surface area (Å²) >= 11 is 0. The van der Waals surface area contributed by atoms with Crippen molar-refractivity contribution in [2.75, 3.05) is 13.2 Å². The first kappa shape index (κ1) is 16.7. The molecular weight excluding hydrogens is 230 g/mol. The van der Waals surface area contributed by atoms with Crippen molar-refractivity contribution in [3.05, 3.63) is 12.2 Å². The van der Waals surface area contributed by atoms with Gasteiger partial charge in [0.2, 0.25) is 5.91 Å². The lowest BCUT2D eigenvalue weighted by Gasteiger charge is -2.07. The number of carbonyl (C=O) groups excluding carboxylic acids is 2. The fourth-order valence-corrected chi connectivity index (χ4v) is 1.38. The van der Waals surface area contributed by atoms with Crippen molar-refractivity contribution >= 4 is 11.9 Å². The van der Waals surface area contributed by atoms with Gasteiger partial charge in [-0.15, -0.1) is 0 Å². The van der Waals surface area contributed by atoms with Gasteiger partial charge in [0.25, 0.3) is 0 Å². The second-order valence-corrected chi connectivity index (χ2v) is 4.32. The quantitative estimate of drug-likeness (QED) is 0.371. The standard InChI is InChI=1S/C14H25NO3/c1-4-6-7-8-10-18-13(16)11-12(3)14(17)15-9-5-2/h3-11H2,1-2H3,(H,15,17). The van der Waals surface area contributed by atoms with Gasteiger partial charge in [-0.1, -0.05) is 39.7 Å². The second kappa shape index (κ2) is 10.8. The first-order valence-electron chi connectivity index (χ1n) is 6.73. The Bertz CT molecular complexity index is 274. The van der Waals surface area contributed by atoms with E-state index >= 15 is 0 Å². The van der Waals surface area contributed by atoms with Crippen molar-refractivity contribution < 1.29 is 14.3 Å². The van der Waals surface area contributed by atoms with E-state index < -0.39 is 0 Å². The molecule has 0 saturated carbocycles. The predicted octanol–water partition coefficient (Wildman–Crippen LogP) is 2.58. The van der Waals surface area contributed by atoms with Crippen molar-refractivity contribution in [3.8, 4) is 0 Å². The lowest BCUT2D eigenvalue weighted by atomic mass is 10.2. The Labute approximate surface area is 110 Å². The topological polar surface area (TPSA) is 55.4 Å². The summed E-state index contributed by atoms with van der Waals surface area (Å²) in [4.78, 5) is 22.8. The Kier molecular flexibility index (Phi) is 10.0. The van der Waals surface area contributed by atoms with E-state index in [0.29, 0.717) is 13.2 Å². The van der Waals surface area contributed by atoms with Crippen LogP contribution < -0.4 is 5.32 Å². The predicted molar refractivity (Wildman–Crippen MR) is 72.2 cm³/mol. The second-order valence-electron chi connectivity index (χ2n) is 4.32. The van der Waals surface area contributed by atoms with Gasteiger partial charge in [-0.3, -0.25) is 9.59 Å². The van der Waals surface area contributed by atoms with E-state index in [1.165, 1.54) is 0 Å². The van der Waals surface area contributed by atoms with E-state index in [9.17, 15) is 9.59 Å². The number of esters is 1. The molecule has 0 saturated heterocycles. The van der Waals surface area contributed by atoms with Crippen LogP contribution in [-0.4, -0.2) is 25.0 Å². The molecule has 0 unspecified atom stereocenters. The zero-order valence-electron chi connectivity index (χ0n) is 11.6. The molecule has 0 radical (unpaired) electrons. The molecule has 4 nitrogen and oxygen atoms in total. The van der Waals surface area contributed by atoms with E-state index in [-0.39, 0.29) is 23.9 Å². The molecule has 0 rings (SSSR count). The van der Waals surface area contributed by atoms with Crippen LogP contribution in [0.2, 0.25) is 0 Å². The van der Waals surface area contributed by atoms with Crippen LogP contribution in [0, 0.1) is 0 Å². The fraction of sp³-hybridized carbons (Fsp3) is 0.714. The van der Waals surface area contributed by atoms with E-state index in [2.05, 4.69) is 18.8 Å². The minimum absolute atomic E-state index is 0.0245. The molecule has 18 heavy (non-hydrogen) atoms. The Morgan fingerprint density at radius 3 is 2.44 bits per heavy atom. The first-order valence-corrected chi connectivity index (χ1v) is 6.73. The maximum absolute atomic E-state index is 11.4. The van der Waals surface area contributed by atoms with Crippen LogP contribution in [0.3, 0.4) is 0 Å². The lowest BCUT2D eigenvalue weighted by molar-refractivity contribution is -0.143. The van der Waals surface area contributed by atoms with E-state index in [1.54, 1.807) is 0 Å². The van der Waals surface area contributed by atoms with Crippen molar-refractivity contribution in [2.24, 2.45) is 0 Å². The van der Waals surface area contributed by atoms with Gasteiger partial charge in [0, 0.05) is 12.1 Å². The van der Waals surface area contributed by atoms with Gasteiger partial charge in [0.15, 0.2) is 0 Å². The molecular formula is C14H25NO3. The maximum Gasteiger partial charge on any atom is 0.310 e. The summed E-state index contributed by atoms with van der Waals surface area (Å²) in [5.41, 5.74) is 0.266. The SMILES string of the molecule is C=C(CC(=O)OCCCCCC)C(=O)NCCC. The van der Waals surface area contributed by atoms with Gasteiger partial charge < -0.3 is 10.1 Å². The van der Waals surface area contributed by atoms with Crippen molar-refractivity contribution in [1.82, 2.24) is 5.32 Å². The van der Waals surface area contributed by atoms with Crippen LogP contribution in [0.25, 0.3) is 0 Å². The third-order valence-corrected chi connectivity index (χ3v) is 2.48. The number of hydrogen-bond acceptors (Lipinski definition) is 3.